The molecule has 0 heterocycles. The normalized spacial score (nSPS) is 12.7. The summed E-state index contributed by atoms with van der Waals surface area (Å²) in [7, 11) is 4.76. The van der Waals surface area contributed by atoms with E-state index in [1.165, 1.54) is 0 Å². The van der Waals surface area contributed by atoms with E-state index in [9.17, 15) is 4.79 Å². The van der Waals surface area contributed by atoms with E-state index >= 15 is 0 Å². The molecule has 0 radical (unpaired) electrons. The molecule has 2 atom stereocenters. The minimum atomic E-state index is -0.633. The Labute approximate surface area is 154 Å². The molecule has 140 valence electrons. The van der Waals surface area contributed by atoms with Gasteiger partial charge < -0.3 is 24.3 Å². The molecule has 0 aliphatic heterocycles. The molecule has 0 aromatic heterocycles. The quantitative estimate of drug-likeness (QED) is 0.783. The fourth-order valence-corrected chi connectivity index (χ4v) is 2.45. The summed E-state index contributed by atoms with van der Waals surface area (Å²) in [6, 6.07) is 12.4. The van der Waals surface area contributed by atoms with Crippen molar-refractivity contribution in [2.45, 2.75) is 26.0 Å². The van der Waals surface area contributed by atoms with Crippen LogP contribution in [0.4, 0.5) is 0 Å². The van der Waals surface area contributed by atoms with Gasteiger partial charge in [-0.25, -0.2) is 0 Å². The zero-order valence-corrected chi connectivity index (χ0v) is 15.7. The summed E-state index contributed by atoms with van der Waals surface area (Å²) in [4.78, 5) is 12.4. The predicted octanol–water partition coefficient (Wildman–Crippen LogP) is 3.36. The Morgan fingerprint density at radius 2 is 1.46 bits per heavy atom. The zero-order chi connectivity index (χ0) is 19.1. The van der Waals surface area contributed by atoms with Gasteiger partial charge in [0.25, 0.3) is 5.91 Å². The Balaban J connectivity index is 1.98. The van der Waals surface area contributed by atoms with Gasteiger partial charge in [-0.1, -0.05) is 6.07 Å². The maximum absolute atomic E-state index is 12.4. The summed E-state index contributed by atoms with van der Waals surface area (Å²) in [5, 5.41) is 2.94. The van der Waals surface area contributed by atoms with Crippen molar-refractivity contribution in [2.24, 2.45) is 0 Å². The first-order chi connectivity index (χ1) is 12.5. The first-order valence-electron chi connectivity index (χ1n) is 8.31. The Morgan fingerprint density at radius 3 is 2.04 bits per heavy atom. The molecule has 6 heteroatoms. The molecule has 2 aromatic carbocycles. The molecule has 0 aliphatic carbocycles. The number of hydrogen-bond acceptors (Lipinski definition) is 5. The largest absolute Gasteiger partial charge is 0.497 e. The van der Waals surface area contributed by atoms with Gasteiger partial charge in [-0.05, 0) is 55.8 Å². The maximum atomic E-state index is 12.4. The number of carbonyl (C=O) groups is 1. The van der Waals surface area contributed by atoms with Crippen LogP contribution in [0.5, 0.6) is 23.0 Å². The molecule has 0 saturated carbocycles. The lowest BCUT2D eigenvalue weighted by Crippen LogP contribution is -2.37. The van der Waals surface area contributed by atoms with E-state index in [-0.39, 0.29) is 11.9 Å². The lowest BCUT2D eigenvalue weighted by Gasteiger charge is -2.20. The van der Waals surface area contributed by atoms with Gasteiger partial charge in [-0.15, -0.1) is 0 Å². The van der Waals surface area contributed by atoms with Crippen molar-refractivity contribution in [1.29, 1.82) is 0 Å². The maximum Gasteiger partial charge on any atom is 0.261 e. The standard InChI is InChI=1S/C20H25NO5/c1-13(15-6-11-18(24-4)19(12-15)25-5)21-20(22)14(2)26-17-9-7-16(23-3)8-10-17/h6-14H,1-5H3,(H,21,22)/t13-,14-/m0/s1. The van der Waals surface area contributed by atoms with E-state index in [4.69, 9.17) is 18.9 Å². The molecule has 0 bridgehead atoms. The molecule has 26 heavy (non-hydrogen) atoms. The lowest BCUT2D eigenvalue weighted by atomic mass is 10.1. The molecule has 0 unspecified atom stereocenters. The van der Waals surface area contributed by atoms with Gasteiger partial charge in [0.2, 0.25) is 0 Å². The Morgan fingerprint density at radius 1 is 0.846 bits per heavy atom. The first-order valence-corrected chi connectivity index (χ1v) is 8.31. The Bertz CT molecular complexity index is 729. The highest BCUT2D eigenvalue weighted by molar-refractivity contribution is 5.81. The van der Waals surface area contributed by atoms with Crippen LogP contribution >= 0.6 is 0 Å². The monoisotopic (exact) mass is 359 g/mol. The van der Waals surface area contributed by atoms with Crippen LogP contribution in [0.25, 0.3) is 0 Å². The molecule has 0 fully saturated rings. The van der Waals surface area contributed by atoms with Crippen molar-refractivity contribution < 1.29 is 23.7 Å². The van der Waals surface area contributed by atoms with E-state index < -0.39 is 6.10 Å². The SMILES string of the molecule is COc1ccc(O[C@@H](C)C(=O)N[C@@H](C)c2ccc(OC)c(OC)c2)cc1. The summed E-state index contributed by atoms with van der Waals surface area (Å²) >= 11 is 0. The van der Waals surface area contributed by atoms with Crippen LogP contribution in [0, 0.1) is 0 Å². The second-order valence-electron chi connectivity index (χ2n) is 5.78. The topological polar surface area (TPSA) is 66.0 Å². The van der Waals surface area contributed by atoms with Crippen LogP contribution in [0.3, 0.4) is 0 Å². The average molecular weight is 359 g/mol. The van der Waals surface area contributed by atoms with E-state index in [0.717, 1.165) is 11.3 Å². The van der Waals surface area contributed by atoms with Crippen LogP contribution in [-0.4, -0.2) is 33.3 Å². The Hall–Kier alpha value is -2.89. The number of nitrogens with one attached hydrogen (secondary N) is 1. The fraction of sp³-hybridized carbons (Fsp3) is 0.350. The van der Waals surface area contributed by atoms with E-state index in [1.807, 2.05) is 25.1 Å². The summed E-state index contributed by atoms with van der Waals surface area (Å²) in [5.41, 5.74) is 0.910. The third-order valence-corrected chi connectivity index (χ3v) is 4.01. The van der Waals surface area contributed by atoms with Gasteiger partial charge in [0, 0.05) is 0 Å². The highest BCUT2D eigenvalue weighted by Crippen LogP contribution is 2.30. The summed E-state index contributed by atoms with van der Waals surface area (Å²) in [6.07, 6.45) is -0.633. The van der Waals surface area contributed by atoms with E-state index in [2.05, 4.69) is 5.32 Å². The van der Waals surface area contributed by atoms with Crippen molar-refractivity contribution >= 4 is 5.91 Å². The Kier molecular flexibility index (Phi) is 6.72. The number of amides is 1. The smallest absolute Gasteiger partial charge is 0.261 e. The highest BCUT2D eigenvalue weighted by Gasteiger charge is 2.18. The van der Waals surface area contributed by atoms with Crippen LogP contribution in [0.1, 0.15) is 25.5 Å². The number of methoxy groups -OCH3 is 3. The molecule has 0 spiro atoms. The van der Waals surface area contributed by atoms with Gasteiger partial charge in [-0.2, -0.15) is 0 Å². The van der Waals surface area contributed by atoms with Gasteiger partial charge in [0.15, 0.2) is 17.6 Å². The van der Waals surface area contributed by atoms with Crippen molar-refractivity contribution in [2.75, 3.05) is 21.3 Å². The molecule has 1 N–H and O–H groups in total. The third-order valence-electron chi connectivity index (χ3n) is 4.01. The summed E-state index contributed by atoms with van der Waals surface area (Å²) < 4.78 is 21.3. The molecule has 6 nitrogen and oxygen atoms in total. The number of hydrogen-bond donors (Lipinski definition) is 1. The molecule has 2 aromatic rings. The first kappa shape index (κ1) is 19.4. The number of carbonyl (C=O) groups excluding carboxylic acids is 1. The van der Waals surface area contributed by atoms with Gasteiger partial charge in [0.1, 0.15) is 11.5 Å². The minimum absolute atomic E-state index is 0.204. The lowest BCUT2D eigenvalue weighted by molar-refractivity contribution is -0.127. The molecule has 0 saturated heterocycles. The average Bonchev–Trinajstić information content (AvgIpc) is 2.67. The number of rotatable bonds is 8. The summed E-state index contributed by atoms with van der Waals surface area (Å²) in [6.45, 7) is 3.61. The molecule has 2 rings (SSSR count). The van der Waals surface area contributed by atoms with E-state index in [1.54, 1.807) is 52.5 Å². The second kappa shape index (κ2) is 8.99. The number of benzene rings is 2. The molecular weight excluding hydrogens is 334 g/mol. The van der Waals surface area contributed by atoms with Crippen LogP contribution in [-0.2, 0) is 4.79 Å². The molecular formula is C20H25NO5. The predicted molar refractivity (Wildman–Crippen MR) is 99.2 cm³/mol. The van der Waals surface area contributed by atoms with Gasteiger partial charge in [-0.3, -0.25) is 4.79 Å². The third kappa shape index (κ3) is 4.81. The van der Waals surface area contributed by atoms with Crippen LogP contribution < -0.4 is 24.3 Å². The van der Waals surface area contributed by atoms with Crippen molar-refractivity contribution in [3.8, 4) is 23.0 Å². The molecule has 1 amide bonds. The van der Waals surface area contributed by atoms with E-state index in [0.29, 0.717) is 17.2 Å². The van der Waals surface area contributed by atoms with Crippen molar-refractivity contribution in [1.82, 2.24) is 5.32 Å². The number of ether oxygens (including phenoxy) is 4. The van der Waals surface area contributed by atoms with Crippen molar-refractivity contribution in [3.63, 3.8) is 0 Å². The van der Waals surface area contributed by atoms with Crippen LogP contribution in [0.15, 0.2) is 42.5 Å². The van der Waals surface area contributed by atoms with Crippen LogP contribution in [0.2, 0.25) is 0 Å². The van der Waals surface area contributed by atoms with Crippen molar-refractivity contribution in [3.05, 3.63) is 48.0 Å². The fourth-order valence-electron chi connectivity index (χ4n) is 2.45. The minimum Gasteiger partial charge on any atom is -0.497 e. The van der Waals surface area contributed by atoms with Gasteiger partial charge >= 0.3 is 0 Å². The second-order valence-corrected chi connectivity index (χ2v) is 5.78. The summed E-state index contributed by atoms with van der Waals surface area (Å²) in [5.74, 6) is 2.39. The van der Waals surface area contributed by atoms with Gasteiger partial charge in [0.05, 0.1) is 27.4 Å². The highest BCUT2D eigenvalue weighted by atomic mass is 16.5. The zero-order valence-electron chi connectivity index (χ0n) is 15.7. The molecule has 0 aliphatic rings.